The van der Waals surface area contributed by atoms with Crippen molar-refractivity contribution in [2.45, 2.75) is 50.7 Å². The van der Waals surface area contributed by atoms with Crippen molar-refractivity contribution in [3.05, 3.63) is 24.3 Å². The van der Waals surface area contributed by atoms with E-state index in [1.54, 1.807) is 7.11 Å². The van der Waals surface area contributed by atoms with Crippen LogP contribution in [0.5, 0.6) is 5.75 Å². The minimum Gasteiger partial charge on any atom is -0.497 e. The number of nitrogens with zero attached hydrogens (tertiary/aromatic N) is 2. The zero-order valence-corrected chi connectivity index (χ0v) is 19.4. The molecule has 1 spiro atoms. The number of carbonyl (C=O) groups excluding carboxylic acids is 1. The summed E-state index contributed by atoms with van der Waals surface area (Å²) in [5, 5.41) is 0. The largest absolute Gasteiger partial charge is 0.497 e. The predicted octanol–water partition coefficient (Wildman–Crippen LogP) is 3.34. The first kappa shape index (κ1) is 20.8. The molecule has 0 unspecified atom stereocenters. The Hall–Kier alpha value is -1.79. The number of esters is 1. The fourth-order valence-electron chi connectivity index (χ4n) is 7.44. The van der Waals surface area contributed by atoms with Crippen molar-refractivity contribution in [2.24, 2.45) is 23.2 Å². The van der Waals surface area contributed by atoms with Crippen LogP contribution in [0.3, 0.4) is 0 Å². The van der Waals surface area contributed by atoms with E-state index in [0.29, 0.717) is 11.8 Å². The summed E-state index contributed by atoms with van der Waals surface area (Å²) >= 11 is 0. The van der Waals surface area contributed by atoms with Gasteiger partial charge in [-0.2, -0.15) is 0 Å². The highest BCUT2D eigenvalue weighted by atomic mass is 16.6. The van der Waals surface area contributed by atoms with E-state index in [4.69, 9.17) is 14.2 Å². The molecule has 0 radical (unpaired) electrons. The Morgan fingerprint density at radius 1 is 1.19 bits per heavy atom. The van der Waals surface area contributed by atoms with Crippen molar-refractivity contribution in [1.29, 1.82) is 0 Å². The van der Waals surface area contributed by atoms with Gasteiger partial charge in [0, 0.05) is 50.4 Å². The van der Waals surface area contributed by atoms with E-state index in [1.165, 1.54) is 24.9 Å². The number of fused-ring (bicyclic) bond motifs is 3. The van der Waals surface area contributed by atoms with Gasteiger partial charge in [0.2, 0.25) is 0 Å². The van der Waals surface area contributed by atoms with Crippen molar-refractivity contribution >= 4 is 11.7 Å². The van der Waals surface area contributed by atoms with Gasteiger partial charge in [0.15, 0.2) is 0 Å². The number of hydrogen-bond donors (Lipinski definition) is 0. The third-order valence-electron chi connectivity index (χ3n) is 9.32. The van der Waals surface area contributed by atoms with Crippen LogP contribution >= 0.6 is 0 Å². The van der Waals surface area contributed by atoms with Crippen LogP contribution in [0.2, 0.25) is 0 Å². The molecule has 0 N–H and O–H groups in total. The SMILES string of the molecule is COc1cccc(N2CCN(C[C@@H]3C(=O)O[C@@H]4C[C@@]5(C)CCC[C@@]6(CO6)[C@H]5C[C@H]34)CC2)c1. The summed E-state index contributed by atoms with van der Waals surface area (Å²) < 4.78 is 17.4. The van der Waals surface area contributed by atoms with Crippen LogP contribution < -0.4 is 9.64 Å². The molecule has 0 amide bonds. The lowest BCUT2D eigenvalue weighted by molar-refractivity contribution is -0.147. The molecule has 3 saturated heterocycles. The van der Waals surface area contributed by atoms with E-state index in [0.717, 1.165) is 57.9 Å². The number of ether oxygens (including phenoxy) is 3. The summed E-state index contributed by atoms with van der Waals surface area (Å²) in [4.78, 5) is 17.8. The third-order valence-corrected chi connectivity index (χ3v) is 9.32. The number of piperazine rings is 1. The molecule has 1 aromatic rings. The lowest BCUT2D eigenvalue weighted by Gasteiger charge is -2.51. The number of benzene rings is 1. The zero-order chi connectivity index (χ0) is 21.9. The number of methoxy groups -OCH3 is 1. The highest BCUT2D eigenvalue weighted by molar-refractivity contribution is 5.75. The number of carbonyl (C=O) groups is 1. The van der Waals surface area contributed by atoms with E-state index in [1.807, 2.05) is 12.1 Å². The molecule has 1 aromatic carbocycles. The van der Waals surface area contributed by atoms with Gasteiger partial charge in [-0.25, -0.2) is 0 Å². The minimum atomic E-state index is 0.0191. The summed E-state index contributed by atoms with van der Waals surface area (Å²) in [6, 6.07) is 8.29. The molecule has 32 heavy (non-hydrogen) atoms. The van der Waals surface area contributed by atoms with Gasteiger partial charge in [-0.15, -0.1) is 0 Å². The first-order valence-electron chi connectivity index (χ1n) is 12.5. The fraction of sp³-hybridized carbons (Fsp3) is 0.731. The van der Waals surface area contributed by atoms with Crippen molar-refractivity contribution in [3.63, 3.8) is 0 Å². The van der Waals surface area contributed by atoms with E-state index >= 15 is 0 Å². The number of hydrogen-bond acceptors (Lipinski definition) is 6. The zero-order valence-electron chi connectivity index (χ0n) is 19.4. The summed E-state index contributed by atoms with van der Waals surface area (Å²) in [5.41, 5.74) is 1.60. The molecule has 0 bridgehead atoms. The molecule has 2 saturated carbocycles. The molecule has 6 rings (SSSR count). The number of rotatable bonds is 4. The van der Waals surface area contributed by atoms with Gasteiger partial charge in [0.25, 0.3) is 0 Å². The maximum Gasteiger partial charge on any atom is 0.310 e. The van der Waals surface area contributed by atoms with Gasteiger partial charge in [-0.1, -0.05) is 13.0 Å². The Kier molecular flexibility index (Phi) is 4.95. The first-order valence-corrected chi connectivity index (χ1v) is 12.5. The number of anilines is 1. The Bertz CT molecular complexity index is 878. The lowest BCUT2D eigenvalue weighted by Crippen LogP contribution is -2.52. The monoisotopic (exact) mass is 440 g/mol. The summed E-state index contributed by atoms with van der Waals surface area (Å²) in [7, 11) is 1.71. The van der Waals surface area contributed by atoms with Crippen molar-refractivity contribution < 1.29 is 19.0 Å². The van der Waals surface area contributed by atoms with E-state index in [9.17, 15) is 4.79 Å². The summed E-state index contributed by atoms with van der Waals surface area (Å²) in [5.74, 6) is 1.91. The molecule has 5 aliphatic rings. The van der Waals surface area contributed by atoms with E-state index < -0.39 is 0 Å². The molecule has 5 fully saturated rings. The van der Waals surface area contributed by atoms with Gasteiger partial charge in [-0.05, 0) is 55.6 Å². The predicted molar refractivity (Wildman–Crippen MR) is 122 cm³/mol. The molecular formula is C26H36N2O4. The van der Waals surface area contributed by atoms with Crippen molar-refractivity contribution in [3.8, 4) is 5.75 Å². The highest BCUT2D eigenvalue weighted by Gasteiger charge is 2.65. The normalized spacial score (nSPS) is 41.2. The topological polar surface area (TPSA) is 54.5 Å². The fourth-order valence-corrected chi connectivity index (χ4v) is 7.44. The third kappa shape index (κ3) is 3.41. The quantitative estimate of drug-likeness (QED) is 0.529. The maximum absolute atomic E-state index is 13.0. The van der Waals surface area contributed by atoms with Gasteiger partial charge >= 0.3 is 5.97 Å². The standard InChI is InChI=1S/C26H36N2O4/c1-25-7-4-8-26(17-31-26)23(25)14-20-21(24(29)32-22(20)15-25)16-27-9-11-28(12-10-27)18-5-3-6-19(13-18)30-2/h3,5-6,13,20-23H,4,7-12,14-17H2,1-2H3/t20-,21+,22-,23+,25-,26-/m1/s1. The highest BCUT2D eigenvalue weighted by Crippen LogP contribution is 2.62. The van der Waals surface area contributed by atoms with Crippen LogP contribution in [0.25, 0.3) is 0 Å². The van der Waals surface area contributed by atoms with Crippen molar-refractivity contribution in [1.82, 2.24) is 4.90 Å². The van der Waals surface area contributed by atoms with Gasteiger partial charge in [0.05, 0.1) is 25.2 Å². The van der Waals surface area contributed by atoms with E-state index in [2.05, 4.69) is 28.9 Å². The molecule has 6 heteroatoms. The van der Waals surface area contributed by atoms with Crippen molar-refractivity contribution in [2.75, 3.05) is 51.3 Å². The Labute approximate surface area is 191 Å². The molecule has 6 nitrogen and oxygen atoms in total. The minimum absolute atomic E-state index is 0.0191. The smallest absolute Gasteiger partial charge is 0.310 e. The van der Waals surface area contributed by atoms with Gasteiger partial charge in [-0.3, -0.25) is 9.69 Å². The van der Waals surface area contributed by atoms with Crippen LogP contribution in [0.1, 0.15) is 39.0 Å². The maximum atomic E-state index is 13.0. The van der Waals surface area contributed by atoms with Gasteiger partial charge in [0.1, 0.15) is 11.9 Å². The van der Waals surface area contributed by atoms with Crippen LogP contribution in [0, 0.1) is 23.2 Å². The lowest BCUT2D eigenvalue weighted by atomic mass is 9.53. The molecular weight excluding hydrogens is 404 g/mol. The molecule has 174 valence electrons. The molecule has 0 aromatic heterocycles. The average molecular weight is 441 g/mol. The molecule has 2 aliphatic carbocycles. The second-order valence-electron chi connectivity index (χ2n) is 11.1. The van der Waals surface area contributed by atoms with Crippen LogP contribution in [-0.2, 0) is 14.3 Å². The summed E-state index contributed by atoms with van der Waals surface area (Å²) in [6.07, 6.45) is 5.94. The second-order valence-corrected chi connectivity index (χ2v) is 11.1. The van der Waals surface area contributed by atoms with E-state index in [-0.39, 0.29) is 29.0 Å². The first-order chi connectivity index (χ1) is 15.5. The Morgan fingerprint density at radius 3 is 2.75 bits per heavy atom. The average Bonchev–Trinajstić information content (AvgIpc) is 3.51. The van der Waals surface area contributed by atoms with Crippen LogP contribution in [0.15, 0.2) is 24.3 Å². The Morgan fingerprint density at radius 2 is 2.00 bits per heavy atom. The van der Waals surface area contributed by atoms with Crippen LogP contribution in [-0.4, -0.2) is 69.0 Å². The summed E-state index contributed by atoms with van der Waals surface area (Å²) in [6.45, 7) is 8.09. The molecule has 6 atom stereocenters. The second kappa shape index (κ2) is 7.63. The molecule has 3 heterocycles. The molecule has 3 aliphatic heterocycles. The van der Waals surface area contributed by atoms with Crippen LogP contribution in [0.4, 0.5) is 5.69 Å². The van der Waals surface area contributed by atoms with Gasteiger partial charge < -0.3 is 19.1 Å². The number of epoxide rings is 1. The Balaban J connectivity index is 1.11.